The van der Waals surface area contributed by atoms with Crippen molar-refractivity contribution in [2.24, 2.45) is 47.5 Å². The van der Waals surface area contributed by atoms with E-state index in [0.717, 1.165) is 68.3 Å². The maximum atomic E-state index is 13.3. The monoisotopic (exact) mass is 536 g/mol. The molecular weight excluding hydrogens is 484 g/mol. The minimum Gasteiger partial charge on any atom is -0.393 e. The second kappa shape index (κ2) is 10.2. The third-order valence-corrected chi connectivity index (χ3v) is 12.7. The van der Waals surface area contributed by atoms with Crippen LogP contribution in [0, 0.1) is 40.4 Å². The Morgan fingerprint density at radius 2 is 1.97 bits per heavy atom. The summed E-state index contributed by atoms with van der Waals surface area (Å²) in [6, 6.07) is 0.313. The van der Waals surface area contributed by atoms with Crippen molar-refractivity contribution in [3.8, 4) is 0 Å². The summed E-state index contributed by atoms with van der Waals surface area (Å²) in [6.45, 7) is 12.3. The second-order valence-electron chi connectivity index (χ2n) is 14.7. The first-order valence-electron chi connectivity index (χ1n) is 16.0. The molecule has 39 heavy (non-hydrogen) atoms. The number of allylic oxidation sites excluding steroid dienone is 1. The summed E-state index contributed by atoms with van der Waals surface area (Å²) >= 11 is 0. The lowest BCUT2D eigenvalue weighted by Gasteiger charge is -2.58. The van der Waals surface area contributed by atoms with Crippen LogP contribution in [0.5, 0.6) is 0 Å². The quantitative estimate of drug-likeness (QED) is 0.482. The third kappa shape index (κ3) is 4.67. The number of nitrogens with zero attached hydrogens (tertiary/aromatic N) is 4. The van der Waals surface area contributed by atoms with E-state index in [9.17, 15) is 9.90 Å². The fourth-order valence-electron chi connectivity index (χ4n) is 10.5. The van der Waals surface area contributed by atoms with Gasteiger partial charge in [-0.1, -0.05) is 32.4 Å². The molecule has 0 bridgehead atoms. The first kappa shape index (κ1) is 27.4. The lowest BCUT2D eigenvalue weighted by molar-refractivity contribution is -0.132. The van der Waals surface area contributed by atoms with Crippen molar-refractivity contribution in [2.45, 2.75) is 104 Å². The zero-order chi connectivity index (χ0) is 27.5. The van der Waals surface area contributed by atoms with Gasteiger partial charge in [0.05, 0.1) is 18.0 Å². The molecule has 6 rings (SSSR count). The summed E-state index contributed by atoms with van der Waals surface area (Å²) < 4.78 is 1.85. The van der Waals surface area contributed by atoms with Crippen molar-refractivity contribution in [3.63, 3.8) is 0 Å². The molecular formula is C33H52N4O2. The summed E-state index contributed by atoms with van der Waals surface area (Å²) in [5.41, 5.74) is 3.47. The minimum absolute atomic E-state index is 0.123. The molecule has 1 aromatic heterocycles. The van der Waals surface area contributed by atoms with Crippen LogP contribution in [0.4, 0.5) is 5.69 Å². The largest absolute Gasteiger partial charge is 0.393 e. The molecule has 3 saturated carbocycles. The number of hydrogen-bond acceptors (Lipinski definition) is 4. The number of aliphatic hydroxyl groups excluding tert-OH is 1. The Kier molecular flexibility index (Phi) is 7.17. The minimum atomic E-state index is -0.123. The van der Waals surface area contributed by atoms with E-state index in [-0.39, 0.29) is 6.10 Å². The number of amides is 1. The molecule has 0 spiro atoms. The van der Waals surface area contributed by atoms with Gasteiger partial charge in [0.1, 0.15) is 0 Å². The Morgan fingerprint density at radius 1 is 1.15 bits per heavy atom. The molecule has 216 valence electrons. The van der Waals surface area contributed by atoms with Crippen molar-refractivity contribution >= 4 is 11.6 Å². The van der Waals surface area contributed by atoms with Gasteiger partial charge in [0.25, 0.3) is 0 Å². The number of aliphatic hydroxyl groups is 1. The van der Waals surface area contributed by atoms with Crippen LogP contribution < -0.4 is 4.90 Å². The van der Waals surface area contributed by atoms with E-state index in [0.29, 0.717) is 35.1 Å². The van der Waals surface area contributed by atoms with Gasteiger partial charge in [-0.05, 0) is 105 Å². The van der Waals surface area contributed by atoms with Gasteiger partial charge in [0.15, 0.2) is 0 Å². The molecule has 4 aliphatic carbocycles. The first-order chi connectivity index (χ1) is 18.6. The van der Waals surface area contributed by atoms with Crippen molar-refractivity contribution in [1.29, 1.82) is 0 Å². The topological polar surface area (TPSA) is 61.6 Å². The van der Waals surface area contributed by atoms with Crippen molar-refractivity contribution in [2.75, 3.05) is 24.5 Å². The van der Waals surface area contributed by atoms with Gasteiger partial charge in [-0.2, -0.15) is 5.10 Å². The zero-order valence-corrected chi connectivity index (χ0v) is 25.1. The number of anilines is 1. The molecule has 9 atom stereocenters. The molecule has 1 aromatic rings. The number of carbonyl (C=O) groups excluding carboxylic acids is 1. The summed E-state index contributed by atoms with van der Waals surface area (Å²) in [6.07, 6.45) is 17.8. The average molecular weight is 537 g/mol. The van der Waals surface area contributed by atoms with Gasteiger partial charge in [0.2, 0.25) is 5.91 Å². The third-order valence-electron chi connectivity index (χ3n) is 12.7. The summed E-state index contributed by atoms with van der Waals surface area (Å²) in [7, 11) is 1.96. The predicted molar refractivity (Wildman–Crippen MR) is 156 cm³/mol. The van der Waals surface area contributed by atoms with E-state index < -0.39 is 0 Å². The number of carbonyl (C=O) groups is 1. The Morgan fingerprint density at radius 3 is 2.72 bits per heavy atom. The van der Waals surface area contributed by atoms with Crippen LogP contribution in [-0.4, -0.2) is 57.5 Å². The van der Waals surface area contributed by atoms with E-state index >= 15 is 0 Å². The molecule has 0 radical (unpaired) electrons. The number of hydrogen-bond donors (Lipinski definition) is 1. The highest BCUT2D eigenvalue weighted by molar-refractivity contribution is 5.76. The van der Waals surface area contributed by atoms with E-state index in [4.69, 9.17) is 0 Å². The van der Waals surface area contributed by atoms with E-state index in [2.05, 4.69) is 54.9 Å². The van der Waals surface area contributed by atoms with Gasteiger partial charge in [0, 0.05) is 45.3 Å². The Hall–Kier alpha value is -1.82. The van der Waals surface area contributed by atoms with Crippen LogP contribution in [0.2, 0.25) is 0 Å². The maximum Gasteiger partial charge on any atom is 0.222 e. The lowest BCUT2D eigenvalue weighted by atomic mass is 9.47. The molecule has 6 nitrogen and oxygen atoms in total. The van der Waals surface area contributed by atoms with Crippen molar-refractivity contribution < 1.29 is 9.90 Å². The molecule has 1 N–H and O–H groups in total. The fourth-order valence-corrected chi connectivity index (χ4v) is 10.5. The van der Waals surface area contributed by atoms with E-state index in [1.165, 1.54) is 38.5 Å². The summed E-state index contributed by atoms with van der Waals surface area (Å²) in [4.78, 5) is 17.8. The highest BCUT2D eigenvalue weighted by atomic mass is 16.3. The number of piperazine rings is 1. The highest BCUT2D eigenvalue weighted by Crippen LogP contribution is 2.67. The van der Waals surface area contributed by atoms with Crippen LogP contribution in [0.15, 0.2) is 24.0 Å². The highest BCUT2D eigenvalue weighted by Gasteiger charge is 2.59. The zero-order valence-electron chi connectivity index (χ0n) is 25.1. The molecule has 5 aliphatic rings. The maximum absolute atomic E-state index is 13.3. The number of aromatic nitrogens is 2. The smallest absolute Gasteiger partial charge is 0.222 e. The second-order valence-corrected chi connectivity index (χ2v) is 14.7. The van der Waals surface area contributed by atoms with Gasteiger partial charge in [-0.25, -0.2) is 0 Å². The fraction of sp³-hybridized carbons (Fsp3) is 0.818. The van der Waals surface area contributed by atoms with Crippen LogP contribution in [0.3, 0.4) is 0 Å². The van der Waals surface area contributed by atoms with Gasteiger partial charge < -0.3 is 14.9 Å². The SMILES string of the molecule is CC(CCC(=O)N1CCN(c2cnn(C)c2)C(C)C1)[C@H]1CC[C@H]2[C@@H]3CC=C4C[C@@H](O)CC[C@]4(C)[C@H]3CC[C@]12C. The van der Waals surface area contributed by atoms with Crippen molar-refractivity contribution in [3.05, 3.63) is 24.0 Å². The predicted octanol–water partition coefficient (Wildman–Crippen LogP) is 5.81. The standard InChI is InChI=1S/C33H52N4O2/c1-22(6-11-31(39)36-16-17-37(23(2)20-36)25-19-34-35(5)21-25)28-9-10-29-27-8-7-24-18-26(38)12-14-32(24,3)30(27)13-15-33(28,29)4/h7,19,21-23,26-30,38H,6,8-18,20H2,1-5H3/t22?,23?,26-,27-,28+,29-,30-,32-,33+/m0/s1. The molecule has 2 heterocycles. The van der Waals surface area contributed by atoms with Gasteiger partial charge in [-0.3, -0.25) is 9.48 Å². The van der Waals surface area contributed by atoms with Crippen LogP contribution in [-0.2, 0) is 11.8 Å². The van der Waals surface area contributed by atoms with E-state index in [1.807, 2.05) is 17.9 Å². The normalized spacial score (nSPS) is 40.9. The first-order valence-corrected chi connectivity index (χ1v) is 16.0. The van der Waals surface area contributed by atoms with Crippen molar-refractivity contribution in [1.82, 2.24) is 14.7 Å². The van der Waals surface area contributed by atoms with Gasteiger partial charge >= 0.3 is 0 Å². The van der Waals surface area contributed by atoms with Gasteiger partial charge in [-0.15, -0.1) is 0 Å². The number of aryl methyl sites for hydroxylation is 1. The average Bonchev–Trinajstić information content (AvgIpc) is 3.50. The molecule has 0 aromatic carbocycles. The van der Waals surface area contributed by atoms with Crippen LogP contribution in [0.1, 0.15) is 91.9 Å². The molecule has 2 unspecified atom stereocenters. The van der Waals surface area contributed by atoms with Crippen LogP contribution >= 0.6 is 0 Å². The molecule has 1 amide bonds. The Balaban J connectivity index is 1.05. The lowest BCUT2D eigenvalue weighted by Crippen LogP contribution is -2.53. The molecule has 1 saturated heterocycles. The summed E-state index contributed by atoms with van der Waals surface area (Å²) in [5, 5.41) is 14.6. The Bertz CT molecular complexity index is 1100. The van der Waals surface area contributed by atoms with E-state index in [1.54, 1.807) is 5.57 Å². The molecule has 6 heteroatoms. The number of rotatable bonds is 5. The van der Waals surface area contributed by atoms with Crippen LogP contribution in [0.25, 0.3) is 0 Å². The Labute approximate surface area is 236 Å². The molecule has 4 fully saturated rings. The summed E-state index contributed by atoms with van der Waals surface area (Å²) in [5.74, 6) is 4.12. The number of fused-ring (bicyclic) bond motifs is 5. The molecule has 1 aliphatic heterocycles.